The van der Waals surface area contributed by atoms with Gasteiger partial charge < -0.3 is 9.47 Å². The number of hydrogen-bond donors (Lipinski definition) is 0. The van der Waals surface area contributed by atoms with E-state index in [1.165, 1.54) is 11.8 Å². The van der Waals surface area contributed by atoms with Gasteiger partial charge in [0.25, 0.3) is 5.91 Å². The summed E-state index contributed by atoms with van der Waals surface area (Å²) in [6, 6.07) is 20.3. The Bertz CT molecular complexity index is 1260. The molecule has 4 rings (SSSR count). The Morgan fingerprint density at radius 2 is 1.66 bits per heavy atom. The fourth-order valence-corrected chi connectivity index (χ4v) is 4.70. The summed E-state index contributed by atoms with van der Waals surface area (Å²) in [5, 5.41) is 1.98. The minimum absolute atomic E-state index is 0.0633. The summed E-state index contributed by atoms with van der Waals surface area (Å²) >= 11 is 13.3. The Morgan fingerprint density at radius 3 is 2.31 bits per heavy atom. The van der Waals surface area contributed by atoms with E-state index in [4.69, 9.17) is 32.7 Å². The molecule has 0 saturated carbocycles. The molecular weight excluding hydrogens is 503 g/mol. The maximum absolute atomic E-state index is 13.1. The molecule has 0 aromatic heterocycles. The first-order valence-corrected chi connectivity index (χ1v) is 12.6. The van der Waals surface area contributed by atoms with Gasteiger partial charge >= 0.3 is 0 Å². The number of aliphatic imine (C=N–C) groups is 1. The first kappa shape index (κ1) is 25.2. The summed E-state index contributed by atoms with van der Waals surface area (Å²) in [6.45, 7) is 3.02. The molecule has 3 aromatic carbocycles. The average molecular weight is 527 g/mol. The molecule has 0 atom stereocenters. The maximum atomic E-state index is 13.1. The molecule has 8 heteroatoms. The van der Waals surface area contributed by atoms with E-state index < -0.39 is 0 Å². The van der Waals surface area contributed by atoms with Crippen LogP contribution in [-0.4, -0.2) is 29.6 Å². The highest BCUT2D eigenvalue weighted by molar-refractivity contribution is 8.18. The zero-order valence-electron chi connectivity index (χ0n) is 19.3. The van der Waals surface area contributed by atoms with Gasteiger partial charge in [-0.3, -0.25) is 9.69 Å². The Balaban J connectivity index is 1.54. The van der Waals surface area contributed by atoms with Crippen LogP contribution in [0.1, 0.15) is 24.5 Å². The highest BCUT2D eigenvalue weighted by atomic mass is 35.5. The van der Waals surface area contributed by atoms with Crippen molar-refractivity contribution in [2.45, 2.75) is 20.0 Å². The summed E-state index contributed by atoms with van der Waals surface area (Å²) in [4.78, 5) is 20.1. The van der Waals surface area contributed by atoms with Crippen molar-refractivity contribution < 1.29 is 14.3 Å². The second kappa shape index (κ2) is 11.7. The van der Waals surface area contributed by atoms with Gasteiger partial charge in [-0.05, 0) is 83.9 Å². The normalized spacial score (nSPS) is 15.8. The van der Waals surface area contributed by atoms with Crippen LogP contribution in [0.15, 0.2) is 76.6 Å². The highest BCUT2D eigenvalue weighted by Gasteiger charge is 2.32. The van der Waals surface area contributed by atoms with E-state index in [9.17, 15) is 4.79 Å². The maximum Gasteiger partial charge on any atom is 0.266 e. The second-order valence-corrected chi connectivity index (χ2v) is 9.65. The molecule has 1 heterocycles. The van der Waals surface area contributed by atoms with Crippen molar-refractivity contribution >= 4 is 57.8 Å². The number of carbonyl (C=O) groups excluding carboxylic acids is 1. The number of thioether (sulfide) groups is 1. The van der Waals surface area contributed by atoms with Gasteiger partial charge in [-0.1, -0.05) is 48.3 Å². The minimum atomic E-state index is -0.0633. The number of methoxy groups -OCH3 is 1. The van der Waals surface area contributed by atoms with Gasteiger partial charge in [0, 0.05) is 16.6 Å². The molecular formula is C27H24Cl2N2O3S. The smallest absolute Gasteiger partial charge is 0.266 e. The Hall–Kier alpha value is -2.93. The minimum Gasteiger partial charge on any atom is -0.493 e. The van der Waals surface area contributed by atoms with Crippen molar-refractivity contribution in [3.63, 3.8) is 0 Å². The van der Waals surface area contributed by atoms with Crippen molar-refractivity contribution in [1.82, 2.24) is 4.90 Å². The fraction of sp³-hybridized carbons (Fsp3) is 0.185. The predicted octanol–water partition coefficient (Wildman–Crippen LogP) is 7.60. The van der Waals surface area contributed by atoms with E-state index in [0.717, 1.165) is 23.2 Å². The van der Waals surface area contributed by atoms with Gasteiger partial charge in [0.05, 0.1) is 17.7 Å². The SMILES string of the molecule is CCCN1C(=O)/C(=C/c2ccc(OCc3ccc(Cl)cc3)c(OC)c2)SC1=Nc1ccc(Cl)cc1. The van der Waals surface area contributed by atoms with Crippen LogP contribution in [-0.2, 0) is 11.4 Å². The number of rotatable bonds is 8. The molecule has 0 aliphatic carbocycles. The zero-order valence-corrected chi connectivity index (χ0v) is 21.7. The van der Waals surface area contributed by atoms with E-state index in [0.29, 0.717) is 44.8 Å². The molecule has 1 saturated heterocycles. The average Bonchev–Trinajstić information content (AvgIpc) is 3.14. The third-order valence-corrected chi connectivity index (χ3v) is 6.69. The summed E-state index contributed by atoms with van der Waals surface area (Å²) in [6.07, 6.45) is 2.68. The number of carbonyl (C=O) groups is 1. The Kier molecular flexibility index (Phi) is 8.39. The third kappa shape index (κ3) is 6.40. The van der Waals surface area contributed by atoms with E-state index in [2.05, 4.69) is 4.99 Å². The highest BCUT2D eigenvalue weighted by Crippen LogP contribution is 2.36. The van der Waals surface area contributed by atoms with E-state index >= 15 is 0 Å². The van der Waals surface area contributed by atoms with Crippen molar-refractivity contribution in [1.29, 1.82) is 0 Å². The summed E-state index contributed by atoms with van der Waals surface area (Å²) in [7, 11) is 1.59. The van der Waals surface area contributed by atoms with Gasteiger partial charge in [0.1, 0.15) is 6.61 Å². The molecule has 0 spiro atoms. The molecule has 3 aromatic rings. The molecule has 35 heavy (non-hydrogen) atoms. The van der Waals surface area contributed by atoms with Crippen LogP contribution < -0.4 is 9.47 Å². The number of benzene rings is 3. The number of nitrogens with zero attached hydrogens (tertiary/aromatic N) is 2. The molecule has 0 N–H and O–H groups in total. The second-order valence-electron chi connectivity index (χ2n) is 7.76. The van der Waals surface area contributed by atoms with Crippen molar-refractivity contribution in [2.24, 2.45) is 4.99 Å². The predicted molar refractivity (Wildman–Crippen MR) is 145 cm³/mol. The van der Waals surface area contributed by atoms with Gasteiger partial charge in [-0.2, -0.15) is 0 Å². The standard InChI is InChI=1S/C27H24Cl2N2O3S/c1-3-14-31-26(32)25(35-27(31)30-22-11-9-21(29)10-12-22)16-19-6-13-23(24(15-19)33-2)34-17-18-4-7-20(28)8-5-18/h4-13,15-16H,3,14,17H2,1-2H3/b25-16-,30-27?. The van der Waals surface area contributed by atoms with Crippen LogP contribution in [0, 0.1) is 0 Å². The van der Waals surface area contributed by atoms with Crippen LogP contribution in [0.5, 0.6) is 11.5 Å². The summed E-state index contributed by atoms with van der Waals surface area (Å²) < 4.78 is 11.5. The molecule has 0 unspecified atom stereocenters. The van der Waals surface area contributed by atoms with Gasteiger partial charge in [-0.25, -0.2) is 4.99 Å². The number of amidine groups is 1. The lowest BCUT2D eigenvalue weighted by atomic mass is 10.1. The van der Waals surface area contributed by atoms with Crippen molar-refractivity contribution in [3.05, 3.63) is 92.8 Å². The number of halogens is 2. The quantitative estimate of drug-likeness (QED) is 0.283. The lowest BCUT2D eigenvalue weighted by Gasteiger charge is -2.14. The van der Waals surface area contributed by atoms with Crippen LogP contribution >= 0.6 is 35.0 Å². The number of amides is 1. The molecule has 180 valence electrons. The van der Waals surface area contributed by atoms with Crippen LogP contribution in [0.4, 0.5) is 5.69 Å². The lowest BCUT2D eigenvalue weighted by molar-refractivity contribution is -0.122. The molecule has 1 fully saturated rings. The molecule has 1 aliphatic rings. The van der Waals surface area contributed by atoms with E-state index in [1.807, 2.05) is 67.6 Å². The monoisotopic (exact) mass is 526 g/mol. The Morgan fingerprint density at radius 1 is 0.971 bits per heavy atom. The van der Waals surface area contributed by atoms with Gasteiger partial charge in [0.2, 0.25) is 0 Å². The topological polar surface area (TPSA) is 51.1 Å². The van der Waals surface area contributed by atoms with Gasteiger partial charge in [-0.15, -0.1) is 0 Å². The van der Waals surface area contributed by atoms with E-state index in [-0.39, 0.29) is 5.91 Å². The van der Waals surface area contributed by atoms with Gasteiger partial charge in [0.15, 0.2) is 16.7 Å². The largest absolute Gasteiger partial charge is 0.493 e. The molecule has 1 amide bonds. The van der Waals surface area contributed by atoms with Crippen LogP contribution in [0.2, 0.25) is 10.0 Å². The number of ether oxygens (including phenoxy) is 2. The summed E-state index contributed by atoms with van der Waals surface area (Å²) in [5.74, 6) is 1.14. The Labute approximate surface area is 219 Å². The van der Waals surface area contributed by atoms with Crippen LogP contribution in [0.3, 0.4) is 0 Å². The first-order valence-electron chi connectivity index (χ1n) is 11.1. The lowest BCUT2D eigenvalue weighted by Crippen LogP contribution is -2.29. The van der Waals surface area contributed by atoms with Crippen LogP contribution in [0.25, 0.3) is 6.08 Å². The fourth-order valence-electron chi connectivity index (χ4n) is 3.42. The molecule has 0 radical (unpaired) electrons. The van der Waals surface area contributed by atoms with Crippen molar-refractivity contribution in [3.8, 4) is 11.5 Å². The molecule has 5 nitrogen and oxygen atoms in total. The number of hydrogen-bond acceptors (Lipinski definition) is 5. The first-order chi connectivity index (χ1) is 17.0. The van der Waals surface area contributed by atoms with Crippen molar-refractivity contribution in [2.75, 3.05) is 13.7 Å². The summed E-state index contributed by atoms with van der Waals surface area (Å²) in [5.41, 5.74) is 2.58. The van der Waals surface area contributed by atoms with E-state index in [1.54, 1.807) is 24.1 Å². The zero-order chi connectivity index (χ0) is 24.8. The molecule has 0 bridgehead atoms. The molecule has 1 aliphatic heterocycles. The third-order valence-electron chi connectivity index (χ3n) is 5.18.